The van der Waals surface area contributed by atoms with Gasteiger partial charge in [0.1, 0.15) is 0 Å². The van der Waals surface area contributed by atoms with Gasteiger partial charge in [-0.25, -0.2) is 4.68 Å². The van der Waals surface area contributed by atoms with E-state index >= 15 is 0 Å². The van der Waals surface area contributed by atoms with Gasteiger partial charge in [0.2, 0.25) is 0 Å². The van der Waals surface area contributed by atoms with Gasteiger partial charge >= 0.3 is 0 Å². The van der Waals surface area contributed by atoms with Gasteiger partial charge in [-0.15, -0.1) is 12.4 Å². The second-order valence-corrected chi connectivity index (χ2v) is 6.06. The van der Waals surface area contributed by atoms with E-state index in [1.807, 2.05) is 29.1 Å². The molecule has 0 spiro atoms. The lowest BCUT2D eigenvalue weighted by Crippen LogP contribution is -2.39. The van der Waals surface area contributed by atoms with Crippen LogP contribution in [0.5, 0.6) is 0 Å². The number of nitrogens with zero attached hydrogens (tertiary/aromatic N) is 3. The van der Waals surface area contributed by atoms with Crippen molar-refractivity contribution in [2.24, 2.45) is 11.7 Å². The summed E-state index contributed by atoms with van der Waals surface area (Å²) in [5.74, 6) is 0.683. The zero-order chi connectivity index (χ0) is 14.7. The number of likely N-dealkylation sites (tertiary alicyclic amines) is 1. The van der Waals surface area contributed by atoms with Crippen molar-refractivity contribution >= 4 is 12.4 Å². The Balaban J connectivity index is 0.00000176. The number of nitrogens with two attached hydrogens (primary N) is 1. The zero-order valence-corrected chi connectivity index (χ0v) is 13.9. The number of rotatable bonds is 4. The normalized spacial score (nSPS) is 17.9. The van der Waals surface area contributed by atoms with E-state index < -0.39 is 0 Å². The third kappa shape index (κ3) is 4.09. The number of benzene rings is 1. The van der Waals surface area contributed by atoms with Gasteiger partial charge in [0.05, 0.1) is 11.4 Å². The standard InChI is InChI=1S/C17H24N4.ClH/c1-14(18)15-7-10-20(11-8-15)13-16-9-12-21(19-16)17-5-3-2-4-6-17;/h2-6,9,12,14-15H,7-8,10-11,13,18H2,1H3;1H. The van der Waals surface area contributed by atoms with Gasteiger partial charge in [-0.05, 0) is 57.0 Å². The van der Waals surface area contributed by atoms with Crippen LogP contribution in [-0.2, 0) is 6.54 Å². The van der Waals surface area contributed by atoms with Crippen molar-refractivity contribution in [3.8, 4) is 5.69 Å². The van der Waals surface area contributed by atoms with Crippen LogP contribution in [0.4, 0.5) is 0 Å². The van der Waals surface area contributed by atoms with Crippen molar-refractivity contribution < 1.29 is 0 Å². The molecule has 0 amide bonds. The molecule has 2 aromatic rings. The highest BCUT2D eigenvalue weighted by Crippen LogP contribution is 2.20. The van der Waals surface area contributed by atoms with Crippen LogP contribution in [0.15, 0.2) is 42.6 Å². The van der Waals surface area contributed by atoms with Crippen LogP contribution in [0.2, 0.25) is 0 Å². The molecule has 0 saturated carbocycles. The number of aromatic nitrogens is 2. The first-order valence-electron chi connectivity index (χ1n) is 7.80. The number of hydrogen-bond donors (Lipinski definition) is 1. The van der Waals surface area contributed by atoms with Crippen LogP contribution in [0.3, 0.4) is 0 Å². The molecule has 1 saturated heterocycles. The molecule has 22 heavy (non-hydrogen) atoms. The summed E-state index contributed by atoms with van der Waals surface area (Å²) < 4.78 is 1.95. The van der Waals surface area contributed by atoms with Crippen molar-refractivity contribution in [1.82, 2.24) is 14.7 Å². The molecule has 1 aromatic carbocycles. The summed E-state index contributed by atoms with van der Waals surface area (Å²) in [5.41, 5.74) is 8.25. The first-order chi connectivity index (χ1) is 10.2. The highest BCUT2D eigenvalue weighted by Gasteiger charge is 2.22. The zero-order valence-electron chi connectivity index (χ0n) is 13.1. The van der Waals surface area contributed by atoms with E-state index in [1.54, 1.807) is 0 Å². The van der Waals surface area contributed by atoms with Crippen LogP contribution < -0.4 is 5.73 Å². The maximum atomic E-state index is 6.00. The van der Waals surface area contributed by atoms with E-state index in [0.29, 0.717) is 12.0 Å². The molecule has 5 heteroatoms. The van der Waals surface area contributed by atoms with E-state index in [1.165, 1.54) is 12.8 Å². The molecular formula is C17H25ClN4. The maximum absolute atomic E-state index is 6.00. The van der Waals surface area contributed by atoms with Crippen molar-refractivity contribution in [3.05, 3.63) is 48.3 Å². The fourth-order valence-electron chi connectivity index (χ4n) is 3.04. The van der Waals surface area contributed by atoms with Crippen LogP contribution in [-0.4, -0.2) is 33.8 Å². The molecule has 1 aromatic heterocycles. The lowest BCUT2D eigenvalue weighted by atomic mass is 9.91. The molecule has 1 fully saturated rings. The SMILES string of the molecule is CC(N)C1CCN(Cc2ccn(-c3ccccc3)n2)CC1.Cl. The molecule has 2 heterocycles. The Morgan fingerprint density at radius 2 is 1.86 bits per heavy atom. The second-order valence-electron chi connectivity index (χ2n) is 6.06. The van der Waals surface area contributed by atoms with E-state index in [4.69, 9.17) is 5.73 Å². The monoisotopic (exact) mass is 320 g/mol. The quantitative estimate of drug-likeness (QED) is 0.942. The highest BCUT2D eigenvalue weighted by molar-refractivity contribution is 5.85. The van der Waals surface area contributed by atoms with Crippen LogP contribution in [0.1, 0.15) is 25.5 Å². The fourth-order valence-corrected chi connectivity index (χ4v) is 3.04. The third-order valence-electron chi connectivity index (χ3n) is 4.43. The molecule has 1 atom stereocenters. The Hall–Kier alpha value is -1.36. The molecule has 0 bridgehead atoms. The molecule has 1 aliphatic rings. The second kappa shape index (κ2) is 7.77. The Labute approximate surface area is 138 Å². The molecule has 120 valence electrons. The van der Waals surface area contributed by atoms with E-state index in [2.05, 4.69) is 35.1 Å². The minimum absolute atomic E-state index is 0. The van der Waals surface area contributed by atoms with Crippen LogP contribution in [0.25, 0.3) is 5.69 Å². The largest absolute Gasteiger partial charge is 0.328 e. The Kier molecular flexibility index (Phi) is 6.00. The minimum atomic E-state index is 0. The molecule has 0 aliphatic carbocycles. The minimum Gasteiger partial charge on any atom is -0.328 e. The van der Waals surface area contributed by atoms with Crippen molar-refractivity contribution in [2.75, 3.05) is 13.1 Å². The molecule has 1 aliphatic heterocycles. The summed E-state index contributed by atoms with van der Waals surface area (Å²) in [6.45, 7) is 5.32. The molecule has 2 N–H and O–H groups in total. The summed E-state index contributed by atoms with van der Waals surface area (Å²) in [7, 11) is 0. The Bertz CT molecular complexity index is 559. The van der Waals surface area contributed by atoms with Crippen molar-refractivity contribution in [3.63, 3.8) is 0 Å². The first kappa shape index (κ1) is 17.0. The van der Waals surface area contributed by atoms with E-state index in [9.17, 15) is 0 Å². The summed E-state index contributed by atoms with van der Waals surface area (Å²) in [4.78, 5) is 2.48. The smallest absolute Gasteiger partial charge is 0.0769 e. The van der Waals surface area contributed by atoms with Gasteiger partial charge in [0.15, 0.2) is 0 Å². The maximum Gasteiger partial charge on any atom is 0.0769 e. The third-order valence-corrected chi connectivity index (χ3v) is 4.43. The highest BCUT2D eigenvalue weighted by atomic mass is 35.5. The number of halogens is 1. The summed E-state index contributed by atoms with van der Waals surface area (Å²) >= 11 is 0. The number of hydrogen-bond acceptors (Lipinski definition) is 3. The molecular weight excluding hydrogens is 296 g/mol. The van der Waals surface area contributed by atoms with Gasteiger partial charge in [0, 0.05) is 18.8 Å². The predicted octanol–water partition coefficient (Wildman–Crippen LogP) is 2.85. The van der Waals surface area contributed by atoms with Crippen LogP contribution >= 0.6 is 12.4 Å². The average molecular weight is 321 g/mol. The fraction of sp³-hybridized carbons (Fsp3) is 0.471. The summed E-state index contributed by atoms with van der Waals surface area (Å²) in [6.07, 6.45) is 4.45. The molecule has 1 unspecified atom stereocenters. The van der Waals surface area contributed by atoms with E-state index in [0.717, 1.165) is 31.0 Å². The van der Waals surface area contributed by atoms with Gasteiger partial charge in [0.25, 0.3) is 0 Å². The lowest BCUT2D eigenvalue weighted by Gasteiger charge is -2.33. The summed E-state index contributed by atoms with van der Waals surface area (Å²) in [5, 5.41) is 4.68. The molecule has 0 radical (unpaired) electrons. The Morgan fingerprint density at radius 1 is 1.18 bits per heavy atom. The number of piperidine rings is 1. The van der Waals surface area contributed by atoms with Gasteiger partial charge < -0.3 is 5.73 Å². The summed E-state index contributed by atoms with van der Waals surface area (Å²) in [6, 6.07) is 12.7. The van der Waals surface area contributed by atoms with Crippen LogP contribution in [0, 0.1) is 5.92 Å². The van der Waals surface area contributed by atoms with Gasteiger partial charge in [-0.1, -0.05) is 18.2 Å². The average Bonchev–Trinajstić information content (AvgIpc) is 2.97. The Morgan fingerprint density at radius 3 is 2.50 bits per heavy atom. The lowest BCUT2D eigenvalue weighted by molar-refractivity contribution is 0.164. The van der Waals surface area contributed by atoms with E-state index in [-0.39, 0.29) is 12.4 Å². The first-order valence-corrected chi connectivity index (χ1v) is 7.80. The topological polar surface area (TPSA) is 47.1 Å². The number of para-hydroxylation sites is 1. The van der Waals surface area contributed by atoms with Gasteiger partial charge in [-0.2, -0.15) is 5.10 Å². The van der Waals surface area contributed by atoms with Crippen molar-refractivity contribution in [2.45, 2.75) is 32.4 Å². The van der Waals surface area contributed by atoms with Crippen molar-refractivity contribution in [1.29, 1.82) is 0 Å². The predicted molar refractivity (Wildman–Crippen MR) is 92.5 cm³/mol. The van der Waals surface area contributed by atoms with Gasteiger partial charge in [-0.3, -0.25) is 4.90 Å². The molecule has 3 rings (SSSR count). The molecule has 4 nitrogen and oxygen atoms in total.